The summed E-state index contributed by atoms with van der Waals surface area (Å²) in [4.78, 5) is 11.8. The third-order valence-corrected chi connectivity index (χ3v) is 4.17. The number of nitrogens with two attached hydrogens (primary N) is 1. The summed E-state index contributed by atoms with van der Waals surface area (Å²) in [5.41, 5.74) is 8.12. The number of hydrogen-bond donors (Lipinski definition) is 1. The lowest BCUT2D eigenvalue weighted by molar-refractivity contribution is 0.253. The molecular weight excluding hydrogens is 236 g/mol. The largest absolute Gasteiger partial charge is 0.330 e. The van der Waals surface area contributed by atoms with Crippen LogP contribution in [0.25, 0.3) is 0 Å². The van der Waals surface area contributed by atoms with Gasteiger partial charge >= 0.3 is 0 Å². The Kier molecular flexibility index (Phi) is 4.88. The van der Waals surface area contributed by atoms with Crippen LogP contribution < -0.4 is 5.73 Å². The first-order valence-electron chi connectivity index (χ1n) is 7.38. The van der Waals surface area contributed by atoms with Gasteiger partial charge in [-0.2, -0.15) is 0 Å². The van der Waals surface area contributed by atoms with Crippen LogP contribution in [-0.4, -0.2) is 41.5 Å². The van der Waals surface area contributed by atoms with Gasteiger partial charge in [0, 0.05) is 29.8 Å². The summed E-state index contributed by atoms with van der Waals surface area (Å²) in [6.45, 7) is 7.17. The van der Waals surface area contributed by atoms with E-state index in [1.807, 2.05) is 0 Å². The second-order valence-electron chi connectivity index (χ2n) is 5.71. The zero-order valence-corrected chi connectivity index (χ0v) is 12.4. The topological polar surface area (TPSA) is 55.0 Å². The van der Waals surface area contributed by atoms with E-state index in [9.17, 15) is 0 Å². The molecule has 0 spiro atoms. The molecule has 1 aliphatic rings. The summed E-state index contributed by atoms with van der Waals surface area (Å²) in [7, 11) is 2.19. The molecule has 1 saturated heterocycles. The molecule has 0 radical (unpaired) electrons. The van der Waals surface area contributed by atoms with Crippen molar-refractivity contribution in [2.45, 2.75) is 44.9 Å². The highest BCUT2D eigenvalue weighted by atomic mass is 15.1. The van der Waals surface area contributed by atoms with E-state index in [1.54, 1.807) is 0 Å². The van der Waals surface area contributed by atoms with Gasteiger partial charge in [0.2, 0.25) is 0 Å². The van der Waals surface area contributed by atoms with Crippen molar-refractivity contribution in [3.05, 3.63) is 23.3 Å². The molecule has 0 aromatic carbocycles. The minimum Gasteiger partial charge on any atom is -0.330 e. The van der Waals surface area contributed by atoms with Crippen molar-refractivity contribution in [1.82, 2.24) is 14.9 Å². The fraction of sp³-hybridized carbons (Fsp3) is 0.733. The number of aryl methyl sites for hydroxylation is 1. The van der Waals surface area contributed by atoms with Gasteiger partial charge in [0.1, 0.15) is 5.82 Å². The second-order valence-corrected chi connectivity index (χ2v) is 5.71. The number of aromatic nitrogens is 2. The monoisotopic (exact) mass is 262 g/mol. The molecule has 1 aromatic heterocycles. The predicted molar refractivity (Wildman–Crippen MR) is 78.3 cm³/mol. The zero-order valence-electron chi connectivity index (χ0n) is 12.4. The van der Waals surface area contributed by atoms with Gasteiger partial charge in [0.05, 0.1) is 0 Å². The molecule has 1 unspecified atom stereocenters. The molecule has 2 heterocycles. The Balaban J connectivity index is 2.21. The smallest absolute Gasteiger partial charge is 0.133 e. The van der Waals surface area contributed by atoms with Gasteiger partial charge in [0.25, 0.3) is 0 Å². The fourth-order valence-corrected chi connectivity index (χ4v) is 2.77. The first-order valence-corrected chi connectivity index (χ1v) is 7.38. The van der Waals surface area contributed by atoms with Gasteiger partial charge in [-0.3, -0.25) is 0 Å². The van der Waals surface area contributed by atoms with Crippen LogP contribution in [0.4, 0.5) is 0 Å². The molecule has 0 amide bonds. The summed E-state index contributed by atoms with van der Waals surface area (Å²) in [5, 5.41) is 0. The average molecular weight is 262 g/mol. The Hall–Kier alpha value is -1.00. The predicted octanol–water partition coefficient (Wildman–Crippen LogP) is 2.05. The maximum Gasteiger partial charge on any atom is 0.133 e. The van der Waals surface area contributed by atoms with E-state index in [0.717, 1.165) is 31.0 Å². The third-order valence-electron chi connectivity index (χ3n) is 4.17. The molecule has 1 aliphatic heterocycles. The first-order chi connectivity index (χ1) is 9.13. The van der Waals surface area contributed by atoms with E-state index in [2.05, 4.69) is 36.8 Å². The van der Waals surface area contributed by atoms with E-state index in [0.29, 0.717) is 18.4 Å². The summed E-state index contributed by atoms with van der Waals surface area (Å²) in [5.74, 6) is 1.83. The van der Waals surface area contributed by atoms with E-state index in [-0.39, 0.29) is 0 Å². The molecule has 0 saturated carbocycles. The van der Waals surface area contributed by atoms with Crippen LogP contribution in [0.5, 0.6) is 0 Å². The van der Waals surface area contributed by atoms with Crippen molar-refractivity contribution >= 4 is 0 Å². The molecule has 19 heavy (non-hydrogen) atoms. The Morgan fingerprint density at radius 2 is 2.05 bits per heavy atom. The molecule has 1 aromatic rings. The maximum atomic E-state index is 5.83. The molecule has 106 valence electrons. The lowest BCUT2D eigenvalue weighted by atomic mass is 9.93. The van der Waals surface area contributed by atoms with Crippen LogP contribution in [0.2, 0.25) is 0 Å². The highest BCUT2D eigenvalue weighted by Crippen LogP contribution is 2.27. The van der Waals surface area contributed by atoms with Crippen molar-refractivity contribution in [3.8, 4) is 0 Å². The summed E-state index contributed by atoms with van der Waals surface area (Å²) >= 11 is 0. The van der Waals surface area contributed by atoms with Crippen LogP contribution in [0.15, 0.2) is 6.07 Å². The molecule has 1 fully saturated rings. The zero-order chi connectivity index (χ0) is 13.8. The molecule has 0 bridgehead atoms. The van der Waals surface area contributed by atoms with Gasteiger partial charge < -0.3 is 10.6 Å². The Morgan fingerprint density at radius 3 is 2.63 bits per heavy atom. The van der Waals surface area contributed by atoms with E-state index >= 15 is 0 Å². The summed E-state index contributed by atoms with van der Waals surface area (Å²) in [6.07, 6.45) is 3.41. The van der Waals surface area contributed by atoms with Gasteiger partial charge in [-0.25, -0.2) is 9.97 Å². The minimum atomic E-state index is 0.296. The van der Waals surface area contributed by atoms with Crippen LogP contribution in [0.1, 0.15) is 55.2 Å². The molecule has 1 atom stereocenters. The van der Waals surface area contributed by atoms with Crippen LogP contribution in [-0.2, 0) is 0 Å². The van der Waals surface area contributed by atoms with Crippen molar-refractivity contribution in [2.24, 2.45) is 5.73 Å². The Labute approximate surface area is 116 Å². The van der Waals surface area contributed by atoms with Crippen molar-refractivity contribution in [1.29, 1.82) is 0 Å². The molecule has 0 aliphatic carbocycles. The summed E-state index contributed by atoms with van der Waals surface area (Å²) < 4.78 is 0. The number of hydrogen-bond acceptors (Lipinski definition) is 4. The number of likely N-dealkylation sites (tertiary alicyclic amines) is 1. The quantitative estimate of drug-likeness (QED) is 0.902. The SMILES string of the molecule is CCC(CN)c1nc(C)cc(C2CCN(C)CC2)n1. The number of piperidine rings is 1. The van der Waals surface area contributed by atoms with Crippen molar-refractivity contribution < 1.29 is 0 Å². The average Bonchev–Trinajstić information content (AvgIpc) is 2.40. The van der Waals surface area contributed by atoms with E-state index < -0.39 is 0 Å². The first kappa shape index (κ1) is 14.4. The maximum absolute atomic E-state index is 5.83. The lowest BCUT2D eigenvalue weighted by Crippen LogP contribution is -2.30. The van der Waals surface area contributed by atoms with Gasteiger partial charge in [-0.1, -0.05) is 6.92 Å². The van der Waals surface area contributed by atoms with Crippen LogP contribution in [0, 0.1) is 6.92 Å². The van der Waals surface area contributed by atoms with Gasteiger partial charge in [-0.15, -0.1) is 0 Å². The summed E-state index contributed by atoms with van der Waals surface area (Å²) in [6, 6.07) is 2.16. The third kappa shape index (κ3) is 3.51. The Morgan fingerprint density at radius 1 is 1.37 bits per heavy atom. The van der Waals surface area contributed by atoms with Crippen molar-refractivity contribution in [3.63, 3.8) is 0 Å². The number of rotatable bonds is 4. The number of nitrogens with zero attached hydrogens (tertiary/aromatic N) is 3. The van der Waals surface area contributed by atoms with E-state index in [1.165, 1.54) is 18.5 Å². The molecule has 2 N–H and O–H groups in total. The minimum absolute atomic E-state index is 0.296. The highest BCUT2D eigenvalue weighted by molar-refractivity contribution is 5.17. The van der Waals surface area contributed by atoms with Crippen LogP contribution >= 0.6 is 0 Å². The van der Waals surface area contributed by atoms with E-state index in [4.69, 9.17) is 10.7 Å². The Bertz CT molecular complexity index is 407. The lowest BCUT2D eigenvalue weighted by Gasteiger charge is -2.29. The molecule has 4 heteroatoms. The van der Waals surface area contributed by atoms with Crippen molar-refractivity contribution in [2.75, 3.05) is 26.7 Å². The molecule has 2 rings (SSSR count). The molecule has 4 nitrogen and oxygen atoms in total. The van der Waals surface area contributed by atoms with Crippen LogP contribution in [0.3, 0.4) is 0 Å². The normalized spacial score (nSPS) is 19.6. The highest BCUT2D eigenvalue weighted by Gasteiger charge is 2.21. The second kappa shape index (κ2) is 6.44. The molecular formula is C15H26N4. The standard InChI is InChI=1S/C15H26N4/c1-4-12(10-16)15-17-11(2)9-14(18-15)13-5-7-19(3)8-6-13/h9,12-13H,4-8,10,16H2,1-3H3. The van der Waals surface area contributed by atoms with Gasteiger partial charge in [-0.05, 0) is 52.4 Å². The van der Waals surface area contributed by atoms with Gasteiger partial charge in [0.15, 0.2) is 0 Å². The fourth-order valence-electron chi connectivity index (χ4n) is 2.77.